The summed E-state index contributed by atoms with van der Waals surface area (Å²) in [5, 5.41) is 54.8. The highest BCUT2D eigenvalue weighted by atomic mass is 16.7. The van der Waals surface area contributed by atoms with Crippen LogP contribution in [0.5, 0.6) is 0 Å². The van der Waals surface area contributed by atoms with Crippen LogP contribution in [-0.2, 0) is 14.3 Å². The highest BCUT2D eigenvalue weighted by Crippen LogP contribution is 2.24. The smallest absolute Gasteiger partial charge is 0.220 e. The summed E-state index contributed by atoms with van der Waals surface area (Å²) < 4.78 is 11.3. The molecule has 0 radical (unpaired) electrons. The molecule has 7 unspecified atom stereocenters. The minimum absolute atomic E-state index is 0.167. The van der Waals surface area contributed by atoms with Crippen LogP contribution < -0.4 is 5.32 Å². The molecule has 0 aromatic carbocycles. The summed E-state index contributed by atoms with van der Waals surface area (Å²) in [5.41, 5.74) is 0. The first-order valence-corrected chi connectivity index (χ1v) is 35.4. The van der Waals surface area contributed by atoms with E-state index in [4.69, 9.17) is 9.47 Å². The van der Waals surface area contributed by atoms with Crippen LogP contribution in [0, 0.1) is 0 Å². The lowest BCUT2D eigenvalue weighted by atomic mass is 9.99. The molecule has 1 fully saturated rings. The lowest BCUT2D eigenvalue weighted by Gasteiger charge is -2.40. The Morgan fingerprint density at radius 1 is 0.418 bits per heavy atom. The Morgan fingerprint density at radius 3 is 0.987 bits per heavy atom. The highest BCUT2D eigenvalue weighted by Gasteiger charge is 2.44. The maximum Gasteiger partial charge on any atom is 0.220 e. The van der Waals surface area contributed by atoms with Crippen molar-refractivity contribution < 1.29 is 39.8 Å². The van der Waals surface area contributed by atoms with E-state index in [-0.39, 0.29) is 12.5 Å². The second-order valence-electron chi connectivity index (χ2n) is 25.0. The summed E-state index contributed by atoms with van der Waals surface area (Å²) in [5.74, 6) is -0.167. The van der Waals surface area contributed by atoms with E-state index < -0.39 is 49.5 Å². The van der Waals surface area contributed by atoms with Crippen LogP contribution in [0.4, 0.5) is 0 Å². The summed E-state index contributed by atoms with van der Waals surface area (Å²) in [6.07, 6.45) is 70.4. The molecule has 1 amide bonds. The number of nitrogens with one attached hydrogen (secondary N) is 1. The molecule has 1 rings (SSSR count). The first-order chi connectivity index (χ1) is 38.8. The van der Waals surface area contributed by atoms with E-state index in [1.807, 2.05) is 6.08 Å². The van der Waals surface area contributed by atoms with Crippen molar-refractivity contribution >= 4 is 5.91 Å². The van der Waals surface area contributed by atoms with E-state index >= 15 is 0 Å². The standard InChI is InChI=1S/C70H137NO8/c1-3-5-7-9-11-13-15-17-19-21-23-25-27-29-30-31-32-33-34-35-36-38-40-42-44-46-48-50-52-54-56-58-60-66(74)71-63(62-78-70-69(77)68(76)67(75)65(61-72)79-70)64(73)59-57-55-53-51-49-47-45-43-41-39-37-28-26-24-22-20-18-16-14-12-10-8-6-4-2/h57,59,63-65,67-70,72-73,75-77H,3-56,58,60-62H2,1-2H3,(H,71,74)/b59-57+. The van der Waals surface area contributed by atoms with Gasteiger partial charge in [0.15, 0.2) is 6.29 Å². The van der Waals surface area contributed by atoms with E-state index in [0.717, 1.165) is 38.5 Å². The number of amides is 1. The van der Waals surface area contributed by atoms with Crippen molar-refractivity contribution in [1.82, 2.24) is 5.32 Å². The van der Waals surface area contributed by atoms with Crippen molar-refractivity contribution in [3.05, 3.63) is 12.2 Å². The molecule has 0 bridgehead atoms. The highest BCUT2D eigenvalue weighted by molar-refractivity contribution is 5.76. The van der Waals surface area contributed by atoms with Crippen molar-refractivity contribution in [1.29, 1.82) is 0 Å². The maximum atomic E-state index is 13.1. The van der Waals surface area contributed by atoms with Gasteiger partial charge in [0, 0.05) is 6.42 Å². The summed E-state index contributed by atoms with van der Waals surface area (Å²) >= 11 is 0. The SMILES string of the molecule is CCCCCCCCCCCCCCCCCCCCCCCC/C=C/C(O)C(COC1OC(CO)C(O)C(O)C1O)NC(=O)CCCCCCCCCCCCCCCCCCCCCCCCCCCCCCCCCC. The number of allylic oxidation sites excluding steroid dienone is 1. The molecule has 0 aromatic heterocycles. The zero-order valence-corrected chi connectivity index (χ0v) is 52.7. The van der Waals surface area contributed by atoms with Gasteiger partial charge in [-0.05, 0) is 19.3 Å². The molecule has 1 aliphatic heterocycles. The fourth-order valence-corrected chi connectivity index (χ4v) is 11.8. The molecule has 0 aliphatic carbocycles. The number of rotatable bonds is 63. The third-order valence-corrected chi connectivity index (χ3v) is 17.4. The van der Waals surface area contributed by atoms with Crippen LogP contribution in [0.3, 0.4) is 0 Å². The average Bonchev–Trinajstić information content (AvgIpc) is 3.47. The average molecular weight is 1120 g/mol. The molecular weight excluding hydrogens is 983 g/mol. The molecule has 9 nitrogen and oxygen atoms in total. The number of ether oxygens (including phenoxy) is 2. The number of hydrogen-bond donors (Lipinski definition) is 6. The van der Waals surface area contributed by atoms with Crippen LogP contribution >= 0.6 is 0 Å². The zero-order valence-electron chi connectivity index (χ0n) is 52.7. The van der Waals surface area contributed by atoms with Gasteiger partial charge in [0.2, 0.25) is 5.91 Å². The number of aliphatic hydroxyl groups excluding tert-OH is 5. The summed E-state index contributed by atoms with van der Waals surface area (Å²) in [4.78, 5) is 13.1. The Bertz CT molecular complexity index is 1250. The van der Waals surface area contributed by atoms with E-state index in [9.17, 15) is 30.3 Å². The normalized spacial score (nSPS) is 18.5. The topological polar surface area (TPSA) is 149 Å². The first-order valence-electron chi connectivity index (χ1n) is 35.4. The molecule has 1 aliphatic rings. The second-order valence-corrected chi connectivity index (χ2v) is 25.0. The minimum Gasteiger partial charge on any atom is -0.394 e. The number of carbonyl (C=O) groups excluding carboxylic acids is 1. The van der Waals surface area contributed by atoms with Crippen LogP contribution in [-0.4, -0.2) is 87.5 Å². The van der Waals surface area contributed by atoms with Gasteiger partial charge in [0.05, 0.1) is 25.4 Å². The molecule has 1 saturated heterocycles. The number of aliphatic hydroxyl groups is 5. The maximum absolute atomic E-state index is 13.1. The third-order valence-electron chi connectivity index (χ3n) is 17.4. The molecule has 7 atom stereocenters. The van der Waals surface area contributed by atoms with Gasteiger partial charge >= 0.3 is 0 Å². The molecular formula is C70H137NO8. The van der Waals surface area contributed by atoms with E-state index in [1.54, 1.807) is 6.08 Å². The molecule has 79 heavy (non-hydrogen) atoms. The van der Waals surface area contributed by atoms with Gasteiger partial charge in [-0.1, -0.05) is 360 Å². The van der Waals surface area contributed by atoms with Crippen LogP contribution in [0.25, 0.3) is 0 Å². The molecule has 6 N–H and O–H groups in total. The van der Waals surface area contributed by atoms with Crippen LogP contribution in [0.15, 0.2) is 12.2 Å². The molecule has 1 heterocycles. The lowest BCUT2D eigenvalue weighted by Crippen LogP contribution is -2.60. The summed E-state index contributed by atoms with van der Waals surface area (Å²) in [7, 11) is 0. The van der Waals surface area contributed by atoms with Crippen LogP contribution in [0.1, 0.15) is 373 Å². The van der Waals surface area contributed by atoms with Crippen molar-refractivity contribution in [3.63, 3.8) is 0 Å². The van der Waals surface area contributed by atoms with Gasteiger partial charge in [-0.3, -0.25) is 4.79 Å². The van der Waals surface area contributed by atoms with E-state index in [1.165, 1.54) is 315 Å². The Kier molecular flexibility index (Phi) is 57.7. The predicted octanol–water partition coefficient (Wildman–Crippen LogP) is 19.1. The van der Waals surface area contributed by atoms with Gasteiger partial charge in [-0.25, -0.2) is 0 Å². The second kappa shape index (κ2) is 60.1. The fraction of sp³-hybridized carbons (Fsp3) is 0.957. The number of carbonyl (C=O) groups is 1. The van der Waals surface area contributed by atoms with E-state index in [2.05, 4.69) is 19.2 Å². The van der Waals surface area contributed by atoms with Crippen molar-refractivity contribution in [2.45, 2.75) is 416 Å². The van der Waals surface area contributed by atoms with Gasteiger partial charge in [0.1, 0.15) is 24.4 Å². The quantitative estimate of drug-likeness (QED) is 0.0261. The Balaban J connectivity index is 2.10. The monoisotopic (exact) mass is 1120 g/mol. The van der Waals surface area contributed by atoms with Gasteiger partial charge < -0.3 is 40.3 Å². The Hall–Kier alpha value is -1.07. The minimum atomic E-state index is -1.56. The Morgan fingerprint density at radius 2 is 0.696 bits per heavy atom. The van der Waals surface area contributed by atoms with Crippen molar-refractivity contribution in [2.24, 2.45) is 0 Å². The molecule has 470 valence electrons. The predicted molar refractivity (Wildman–Crippen MR) is 337 cm³/mol. The largest absolute Gasteiger partial charge is 0.394 e. The van der Waals surface area contributed by atoms with Crippen molar-refractivity contribution in [2.75, 3.05) is 13.2 Å². The fourth-order valence-electron chi connectivity index (χ4n) is 11.8. The number of hydrogen-bond acceptors (Lipinski definition) is 8. The van der Waals surface area contributed by atoms with Crippen LogP contribution in [0.2, 0.25) is 0 Å². The number of unbranched alkanes of at least 4 members (excludes halogenated alkanes) is 53. The van der Waals surface area contributed by atoms with Gasteiger partial charge in [0.25, 0.3) is 0 Å². The molecule has 0 aromatic rings. The van der Waals surface area contributed by atoms with Gasteiger partial charge in [-0.2, -0.15) is 0 Å². The molecule has 0 spiro atoms. The van der Waals surface area contributed by atoms with Crippen molar-refractivity contribution in [3.8, 4) is 0 Å². The van der Waals surface area contributed by atoms with Gasteiger partial charge in [-0.15, -0.1) is 0 Å². The molecule has 0 saturated carbocycles. The first kappa shape index (κ1) is 75.9. The lowest BCUT2D eigenvalue weighted by molar-refractivity contribution is -0.302. The zero-order chi connectivity index (χ0) is 57.2. The third kappa shape index (κ3) is 49.0. The summed E-state index contributed by atoms with van der Waals surface area (Å²) in [6.45, 7) is 3.85. The molecule has 9 heteroatoms. The summed E-state index contributed by atoms with van der Waals surface area (Å²) in [6, 6.07) is -0.802. The Labute approximate surface area is 490 Å². The van der Waals surface area contributed by atoms with E-state index in [0.29, 0.717) is 6.42 Å².